The number of fused-ring (bicyclic) bond motifs is 2. The van der Waals surface area contributed by atoms with Crippen LogP contribution >= 0.6 is 0 Å². The predicted octanol–water partition coefficient (Wildman–Crippen LogP) is 5.33. The van der Waals surface area contributed by atoms with Gasteiger partial charge in [-0.1, -0.05) is 94.0 Å². The molecule has 3 aromatic carbocycles. The lowest BCUT2D eigenvalue weighted by atomic mass is 9.96. The Balaban J connectivity index is 1.81. The van der Waals surface area contributed by atoms with Crippen molar-refractivity contribution >= 4 is 33.4 Å². The SMILES string of the molecule is CCCCCCCC[C@H](NC(=O)c1c2ccccc2cc2ccccc12)C(N)=O. The standard InChI is InChI=1S/C25H30N2O2/c1-2-3-4-5-6-7-16-22(24(26)28)27-25(29)23-20-14-10-8-12-18(20)17-19-13-9-11-15-21(19)23/h8-15,17,22H,2-7,16H2,1H3,(H2,26,28)(H,27,29)/t22-/m0/s1. The van der Waals surface area contributed by atoms with E-state index in [0.717, 1.165) is 40.8 Å². The minimum atomic E-state index is -0.647. The average molecular weight is 391 g/mol. The van der Waals surface area contributed by atoms with Gasteiger partial charge in [-0.3, -0.25) is 9.59 Å². The highest BCUT2D eigenvalue weighted by atomic mass is 16.2. The summed E-state index contributed by atoms with van der Waals surface area (Å²) in [7, 11) is 0. The molecule has 0 aliphatic carbocycles. The fraction of sp³-hybridized carbons (Fsp3) is 0.360. The zero-order valence-corrected chi connectivity index (χ0v) is 17.1. The van der Waals surface area contributed by atoms with Crippen LogP contribution in [0.15, 0.2) is 54.6 Å². The van der Waals surface area contributed by atoms with Crippen molar-refractivity contribution in [3.05, 3.63) is 60.2 Å². The van der Waals surface area contributed by atoms with Crippen LogP contribution in [-0.4, -0.2) is 17.9 Å². The van der Waals surface area contributed by atoms with Crippen LogP contribution in [0.4, 0.5) is 0 Å². The molecule has 4 nitrogen and oxygen atoms in total. The van der Waals surface area contributed by atoms with Gasteiger partial charge in [0.25, 0.3) is 5.91 Å². The summed E-state index contributed by atoms with van der Waals surface area (Å²) in [4.78, 5) is 25.2. The summed E-state index contributed by atoms with van der Waals surface area (Å²) >= 11 is 0. The molecule has 0 fully saturated rings. The Hall–Kier alpha value is -2.88. The molecule has 0 unspecified atom stereocenters. The lowest BCUT2D eigenvalue weighted by Gasteiger charge is -2.17. The summed E-state index contributed by atoms with van der Waals surface area (Å²) < 4.78 is 0. The van der Waals surface area contributed by atoms with Crippen molar-refractivity contribution in [2.75, 3.05) is 0 Å². The molecule has 0 saturated heterocycles. The van der Waals surface area contributed by atoms with Crippen LogP contribution in [0.3, 0.4) is 0 Å². The molecule has 0 radical (unpaired) electrons. The van der Waals surface area contributed by atoms with Gasteiger partial charge in [0.15, 0.2) is 0 Å². The van der Waals surface area contributed by atoms with E-state index < -0.39 is 11.9 Å². The van der Waals surface area contributed by atoms with E-state index in [1.807, 2.05) is 48.5 Å². The number of nitrogens with two attached hydrogens (primary N) is 1. The minimum Gasteiger partial charge on any atom is -0.368 e. The molecule has 0 bridgehead atoms. The number of hydrogen-bond donors (Lipinski definition) is 2. The molecular formula is C25H30N2O2. The summed E-state index contributed by atoms with van der Waals surface area (Å²) in [5.74, 6) is -0.718. The largest absolute Gasteiger partial charge is 0.368 e. The van der Waals surface area contributed by atoms with E-state index in [4.69, 9.17) is 5.73 Å². The molecule has 0 aromatic heterocycles. The maximum Gasteiger partial charge on any atom is 0.253 e. The lowest BCUT2D eigenvalue weighted by molar-refractivity contribution is -0.120. The highest BCUT2D eigenvalue weighted by molar-refractivity contribution is 6.18. The second-order valence-electron chi connectivity index (χ2n) is 7.68. The predicted molar refractivity (Wildman–Crippen MR) is 120 cm³/mol. The van der Waals surface area contributed by atoms with Gasteiger partial charge in [-0.2, -0.15) is 0 Å². The molecule has 1 atom stereocenters. The molecule has 3 N–H and O–H groups in total. The molecule has 29 heavy (non-hydrogen) atoms. The van der Waals surface area contributed by atoms with Crippen molar-refractivity contribution in [1.29, 1.82) is 0 Å². The summed E-state index contributed by atoms with van der Waals surface area (Å²) in [6, 6.07) is 17.1. The van der Waals surface area contributed by atoms with Crippen LogP contribution in [0, 0.1) is 0 Å². The first-order valence-corrected chi connectivity index (χ1v) is 10.6. The van der Waals surface area contributed by atoms with Crippen molar-refractivity contribution in [2.45, 2.75) is 57.9 Å². The second kappa shape index (κ2) is 10.1. The first-order valence-electron chi connectivity index (χ1n) is 10.6. The number of nitrogens with one attached hydrogen (secondary N) is 1. The van der Waals surface area contributed by atoms with Crippen LogP contribution in [0.5, 0.6) is 0 Å². The Morgan fingerprint density at radius 3 is 2.00 bits per heavy atom. The normalized spacial score (nSPS) is 12.2. The Kier molecular flexibility index (Phi) is 7.23. The quantitative estimate of drug-likeness (QED) is 0.363. The van der Waals surface area contributed by atoms with Gasteiger partial charge >= 0.3 is 0 Å². The van der Waals surface area contributed by atoms with Gasteiger partial charge < -0.3 is 11.1 Å². The number of rotatable bonds is 10. The molecule has 0 spiro atoms. The maximum absolute atomic E-state index is 13.2. The fourth-order valence-corrected chi connectivity index (χ4v) is 3.90. The van der Waals surface area contributed by atoms with Gasteiger partial charge in [0.2, 0.25) is 5.91 Å². The highest BCUT2D eigenvalue weighted by Gasteiger charge is 2.21. The monoisotopic (exact) mass is 390 g/mol. The van der Waals surface area contributed by atoms with Gasteiger partial charge in [-0.05, 0) is 34.0 Å². The van der Waals surface area contributed by atoms with E-state index in [1.165, 1.54) is 19.3 Å². The third-order valence-electron chi connectivity index (χ3n) is 5.49. The molecule has 152 valence electrons. The van der Waals surface area contributed by atoms with Gasteiger partial charge in [-0.15, -0.1) is 0 Å². The molecule has 0 aliphatic heterocycles. The lowest BCUT2D eigenvalue weighted by Crippen LogP contribution is -2.44. The summed E-state index contributed by atoms with van der Waals surface area (Å²) in [5, 5.41) is 6.67. The van der Waals surface area contributed by atoms with E-state index in [0.29, 0.717) is 12.0 Å². The van der Waals surface area contributed by atoms with Gasteiger partial charge in [0.1, 0.15) is 6.04 Å². The smallest absolute Gasteiger partial charge is 0.253 e. The number of benzene rings is 3. The fourth-order valence-electron chi connectivity index (χ4n) is 3.90. The van der Waals surface area contributed by atoms with Crippen LogP contribution in [-0.2, 0) is 4.79 Å². The second-order valence-corrected chi connectivity index (χ2v) is 7.68. The number of amides is 2. The van der Waals surface area contributed by atoms with E-state index in [2.05, 4.69) is 18.3 Å². The third-order valence-corrected chi connectivity index (χ3v) is 5.49. The maximum atomic E-state index is 13.2. The topological polar surface area (TPSA) is 72.2 Å². The third kappa shape index (κ3) is 5.14. The number of hydrogen-bond acceptors (Lipinski definition) is 2. The highest BCUT2D eigenvalue weighted by Crippen LogP contribution is 2.28. The van der Waals surface area contributed by atoms with Crippen molar-refractivity contribution in [2.24, 2.45) is 5.73 Å². The van der Waals surface area contributed by atoms with Crippen LogP contribution in [0.1, 0.15) is 62.2 Å². The molecule has 0 aliphatic rings. The van der Waals surface area contributed by atoms with Crippen LogP contribution in [0.2, 0.25) is 0 Å². The van der Waals surface area contributed by atoms with Gasteiger partial charge in [0.05, 0.1) is 5.56 Å². The Bertz CT molecular complexity index is 942. The Morgan fingerprint density at radius 2 is 1.41 bits per heavy atom. The molecule has 2 amide bonds. The van der Waals surface area contributed by atoms with Crippen molar-refractivity contribution in [3.8, 4) is 0 Å². The summed E-state index contributed by atoms with van der Waals surface area (Å²) in [6.45, 7) is 2.19. The number of carbonyl (C=O) groups is 2. The molecule has 0 heterocycles. The van der Waals surface area contributed by atoms with Gasteiger partial charge in [0, 0.05) is 0 Å². The first kappa shape index (κ1) is 20.8. The number of unbranched alkanes of at least 4 members (excludes halogenated alkanes) is 5. The zero-order chi connectivity index (χ0) is 20.6. The van der Waals surface area contributed by atoms with Crippen molar-refractivity contribution in [1.82, 2.24) is 5.32 Å². The molecule has 0 saturated carbocycles. The van der Waals surface area contributed by atoms with Crippen LogP contribution in [0.25, 0.3) is 21.5 Å². The number of primary amides is 1. The zero-order valence-electron chi connectivity index (χ0n) is 17.1. The Labute approximate surface area is 172 Å². The summed E-state index contributed by atoms with van der Waals surface area (Å²) in [6.07, 6.45) is 7.33. The summed E-state index contributed by atoms with van der Waals surface area (Å²) in [5.41, 5.74) is 6.20. The Morgan fingerprint density at radius 1 is 0.862 bits per heavy atom. The van der Waals surface area contributed by atoms with E-state index >= 15 is 0 Å². The molecule has 3 rings (SSSR count). The molecule has 4 heteroatoms. The molecule has 3 aromatic rings. The average Bonchev–Trinajstić information content (AvgIpc) is 2.73. The number of carbonyl (C=O) groups excluding carboxylic acids is 2. The van der Waals surface area contributed by atoms with E-state index in [-0.39, 0.29) is 5.91 Å². The first-order chi connectivity index (χ1) is 14.1. The van der Waals surface area contributed by atoms with Crippen molar-refractivity contribution in [3.63, 3.8) is 0 Å². The van der Waals surface area contributed by atoms with E-state index in [1.54, 1.807) is 0 Å². The van der Waals surface area contributed by atoms with Crippen LogP contribution < -0.4 is 11.1 Å². The van der Waals surface area contributed by atoms with Gasteiger partial charge in [-0.25, -0.2) is 0 Å². The minimum absolute atomic E-state index is 0.243. The molecular weight excluding hydrogens is 360 g/mol. The van der Waals surface area contributed by atoms with E-state index in [9.17, 15) is 9.59 Å². The van der Waals surface area contributed by atoms with Crippen molar-refractivity contribution < 1.29 is 9.59 Å².